The molecule has 1 unspecified atom stereocenters. The molecule has 1 saturated heterocycles. The van der Waals surface area contributed by atoms with E-state index in [-0.39, 0.29) is 37.1 Å². The second kappa shape index (κ2) is 10.7. The van der Waals surface area contributed by atoms with Crippen LogP contribution in [0.3, 0.4) is 0 Å². The number of hydrogen-bond acceptors (Lipinski definition) is 6. The second-order valence-corrected chi connectivity index (χ2v) is 7.29. The molecule has 1 atom stereocenters. The molecule has 0 aromatic heterocycles. The van der Waals surface area contributed by atoms with Crippen LogP contribution in [-0.4, -0.2) is 45.6 Å². The van der Waals surface area contributed by atoms with Crippen LogP contribution in [0.15, 0.2) is 12.2 Å². The van der Waals surface area contributed by atoms with Gasteiger partial charge >= 0.3 is 5.97 Å². The van der Waals surface area contributed by atoms with Gasteiger partial charge in [-0.05, 0) is 19.8 Å². The van der Waals surface area contributed by atoms with Crippen molar-refractivity contribution in [2.75, 3.05) is 0 Å². The Labute approximate surface area is 164 Å². The lowest BCUT2D eigenvalue weighted by atomic mass is 10.0. The normalized spacial score (nSPS) is 17.8. The van der Waals surface area contributed by atoms with Crippen molar-refractivity contribution in [1.29, 1.82) is 0 Å². The maximum atomic E-state index is 11.7. The Morgan fingerprint density at radius 3 is 1.96 bits per heavy atom. The van der Waals surface area contributed by atoms with Gasteiger partial charge in [0.2, 0.25) is 0 Å². The predicted molar refractivity (Wildman–Crippen MR) is 99.2 cm³/mol. The maximum absolute atomic E-state index is 11.7. The molecule has 0 spiro atoms. The van der Waals surface area contributed by atoms with Crippen molar-refractivity contribution in [3.8, 4) is 0 Å². The number of nitrogens with zero attached hydrogens (tertiary/aromatic N) is 2. The van der Waals surface area contributed by atoms with Gasteiger partial charge in [-0.25, -0.2) is 4.79 Å². The lowest BCUT2D eigenvalue weighted by Crippen LogP contribution is -2.38. The van der Waals surface area contributed by atoms with Crippen LogP contribution >= 0.6 is 0 Å². The van der Waals surface area contributed by atoms with E-state index in [0.717, 1.165) is 44.9 Å². The molecule has 0 radical (unpaired) electrons. The highest BCUT2D eigenvalue weighted by Gasteiger charge is 2.32. The highest BCUT2D eigenvalue weighted by Crippen LogP contribution is 2.17. The molecule has 0 saturated carbocycles. The minimum atomic E-state index is -0.543. The average Bonchev–Trinajstić information content (AvgIpc) is 3.15. The third-order valence-corrected chi connectivity index (χ3v) is 4.99. The average molecular weight is 392 g/mol. The topological polar surface area (TPSA) is 101 Å². The van der Waals surface area contributed by atoms with Gasteiger partial charge in [-0.3, -0.25) is 24.1 Å². The van der Waals surface area contributed by atoms with Gasteiger partial charge in [0.05, 0.1) is 0 Å². The van der Waals surface area contributed by atoms with Crippen molar-refractivity contribution in [1.82, 2.24) is 9.96 Å². The third kappa shape index (κ3) is 6.28. The first kappa shape index (κ1) is 21.8. The number of carbonyl (C=O) groups is 5. The number of hydroxylamine groups is 2. The predicted octanol–water partition coefficient (Wildman–Crippen LogP) is 2.42. The van der Waals surface area contributed by atoms with Gasteiger partial charge in [0.25, 0.3) is 23.6 Å². The lowest BCUT2D eigenvalue weighted by molar-refractivity contribution is -0.197. The van der Waals surface area contributed by atoms with E-state index in [4.69, 9.17) is 4.84 Å². The Morgan fingerprint density at radius 1 is 0.893 bits per heavy atom. The first-order valence-corrected chi connectivity index (χ1v) is 10.0. The number of unbranched alkanes of at least 4 members (excludes halogenated alkanes) is 6. The zero-order valence-corrected chi connectivity index (χ0v) is 16.4. The molecule has 8 heteroatoms. The van der Waals surface area contributed by atoms with Crippen LogP contribution in [0.25, 0.3) is 0 Å². The van der Waals surface area contributed by atoms with Crippen LogP contribution in [0, 0.1) is 0 Å². The van der Waals surface area contributed by atoms with Crippen LogP contribution in [0.4, 0.5) is 0 Å². The number of imide groups is 2. The highest BCUT2D eigenvalue weighted by atomic mass is 16.7. The number of hydrogen-bond donors (Lipinski definition) is 0. The van der Waals surface area contributed by atoms with E-state index in [1.54, 1.807) is 0 Å². The van der Waals surface area contributed by atoms with E-state index < -0.39 is 17.8 Å². The SMILES string of the molecule is CC(CCCCCCCCCC(=O)ON1C(=O)CCC1=O)N1C(=O)C=CC1=O. The lowest BCUT2D eigenvalue weighted by Gasteiger charge is -2.22. The van der Waals surface area contributed by atoms with Gasteiger partial charge in [0.1, 0.15) is 0 Å². The van der Waals surface area contributed by atoms with Crippen molar-refractivity contribution >= 4 is 29.6 Å². The van der Waals surface area contributed by atoms with Crippen molar-refractivity contribution in [3.05, 3.63) is 12.2 Å². The van der Waals surface area contributed by atoms with Gasteiger partial charge in [0.15, 0.2) is 0 Å². The highest BCUT2D eigenvalue weighted by molar-refractivity contribution is 6.13. The Bertz CT molecular complexity index is 623. The molecule has 4 amide bonds. The fraction of sp³-hybridized carbons (Fsp3) is 0.650. The summed E-state index contributed by atoms with van der Waals surface area (Å²) in [6.07, 6.45) is 10.5. The molecule has 2 heterocycles. The molecule has 2 aliphatic rings. The molecule has 154 valence electrons. The molecule has 2 rings (SSSR count). The smallest absolute Gasteiger partial charge is 0.330 e. The molecule has 0 aromatic carbocycles. The minimum Gasteiger partial charge on any atom is -0.330 e. The Balaban J connectivity index is 1.44. The minimum absolute atomic E-state index is 0.0737. The van der Waals surface area contributed by atoms with Gasteiger partial charge in [-0.1, -0.05) is 38.5 Å². The molecular weight excluding hydrogens is 364 g/mol. The van der Waals surface area contributed by atoms with E-state index >= 15 is 0 Å². The molecule has 0 N–H and O–H groups in total. The molecule has 0 bridgehead atoms. The quantitative estimate of drug-likeness (QED) is 0.373. The fourth-order valence-corrected chi connectivity index (χ4v) is 3.37. The largest absolute Gasteiger partial charge is 0.333 e. The number of rotatable bonds is 12. The molecular formula is C20H28N2O6. The van der Waals surface area contributed by atoms with E-state index in [1.807, 2.05) is 6.92 Å². The summed E-state index contributed by atoms with van der Waals surface area (Å²) in [5, 5.41) is 0.586. The summed E-state index contributed by atoms with van der Waals surface area (Å²) in [6, 6.07) is -0.0737. The second-order valence-electron chi connectivity index (χ2n) is 7.29. The van der Waals surface area contributed by atoms with Crippen LogP contribution in [0.2, 0.25) is 0 Å². The first-order chi connectivity index (χ1) is 13.4. The van der Waals surface area contributed by atoms with Crippen LogP contribution < -0.4 is 0 Å². The fourth-order valence-electron chi connectivity index (χ4n) is 3.37. The Kier molecular flexibility index (Phi) is 8.35. The van der Waals surface area contributed by atoms with Gasteiger partial charge in [-0.15, -0.1) is 5.06 Å². The van der Waals surface area contributed by atoms with Crippen molar-refractivity contribution in [2.45, 2.75) is 83.6 Å². The summed E-state index contributed by atoms with van der Waals surface area (Å²) < 4.78 is 0. The zero-order chi connectivity index (χ0) is 20.5. The van der Waals surface area contributed by atoms with Crippen LogP contribution in [-0.2, 0) is 28.8 Å². The van der Waals surface area contributed by atoms with Gasteiger partial charge < -0.3 is 4.84 Å². The van der Waals surface area contributed by atoms with Gasteiger partial charge in [0, 0.05) is 37.5 Å². The molecule has 28 heavy (non-hydrogen) atoms. The van der Waals surface area contributed by atoms with E-state index in [2.05, 4.69) is 0 Å². The molecule has 1 fully saturated rings. The van der Waals surface area contributed by atoms with Crippen molar-refractivity contribution in [2.24, 2.45) is 0 Å². The van der Waals surface area contributed by atoms with Crippen molar-refractivity contribution < 1.29 is 28.8 Å². The molecule has 0 aliphatic carbocycles. The van der Waals surface area contributed by atoms with E-state index in [0.29, 0.717) is 11.5 Å². The summed E-state index contributed by atoms with van der Waals surface area (Å²) in [7, 11) is 0. The van der Waals surface area contributed by atoms with Crippen LogP contribution in [0.1, 0.15) is 77.6 Å². The first-order valence-electron chi connectivity index (χ1n) is 10.0. The van der Waals surface area contributed by atoms with Crippen LogP contribution in [0.5, 0.6) is 0 Å². The standard InChI is InChI=1S/C20H28N2O6/c1-15(21-16(23)11-12-17(21)24)9-7-5-3-2-4-6-8-10-20(27)28-22-18(25)13-14-19(22)26/h11-12,15H,2-10,13-14H2,1H3. The van der Waals surface area contributed by atoms with E-state index in [9.17, 15) is 24.0 Å². The van der Waals surface area contributed by atoms with Crippen molar-refractivity contribution in [3.63, 3.8) is 0 Å². The molecule has 2 aliphatic heterocycles. The number of amides is 4. The molecule has 8 nitrogen and oxygen atoms in total. The number of carbonyl (C=O) groups excluding carboxylic acids is 5. The summed E-state index contributed by atoms with van der Waals surface area (Å²) >= 11 is 0. The molecule has 0 aromatic rings. The monoisotopic (exact) mass is 392 g/mol. The summed E-state index contributed by atoms with van der Waals surface area (Å²) in [5.74, 6) is -1.91. The summed E-state index contributed by atoms with van der Waals surface area (Å²) in [4.78, 5) is 63.7. The van der Waals surface area contributed by atoms with Gasteiger partial charge in [-0.2, -0.15) is 0 Å². The third-order valence-electron chi connectivity index (χ3n) is 4.99. The Hall–Kier alpha value is -2.51. The summed E-state index contributed by atoms with van der Waals surface area (Å²) in [6.45, 7) is 1.89. The van der Waals surface area contributed by atoms with E-state index in [1.165, 1.54) is 17.1 Å². The Morgan fingerprint density at radius 2 is 1.39 bits per heavy atom. The maximum Gasteiger partial charge on any atom is 0.333 e. The summed E-state index contributed by atoms with van der Waals surface area (Å²) in [5.41, 5.74) is 0. The zero-order valence-electron chi connectivity index (χ0n) is 16.4.